The molecular weight excluding hydrogens is 303 g/mol. The zero-order valence-electron chi connectivity index (χ0n) is 10.6. The maximum Gasteiger partial charge on any atom is 0.452 e. The van der Waals surface area contributed by atoms with Gasteiger partial charge in [0.2, 0.25) is 5.82 Å². The molecule has 0 fully saturated rings. The first kappa shape index (κ1) is 14.1. The molecule has 2 heterocycles. The summed E-state index contributed by atoms with van der Waals surface area (Å²) >= 11 is 1.26. The van der Waals surface area contributed by atoms with Crippen LogP contribution in [0.1, 0.15) is 5.82 Å². The van der Waals surface area contributed by atoms with Crippen LogP contribution in [0.2, 0.25) is 0 Å². The minimum atomic E-state index is -4.58. The summed E-state index contributed by atoms with van der Waals surface area (Å²) in [6.07, 6.45) is -4.58. The van der Waals surface area contributed by atoms with Gasteiger partial charge in [0.25, 0.3) is 0 Å². The molecule has 2 N–H and O–H groups in total. The number of fused-ring (bicyclic) bond motifs is 3. The lowest BCUT2D eigenvalue weighted by molar-refractivity contribution is -0.145. The largest absolute Gasteiger partial charge is 0.452 e. The molecule has 3 rings (SSSR count). The van der Waals surface area contributed by atoms with E-state index >= 15 is 0 Å². The maximum absolute atomic E-state index is 13.1. The van der Waals surface area contributed by atoms with E-state index in [-0.39, 0.29) is 5.65 Å². The molecule has 0 saturated carbocycles. The van der Waals surface area contributed by atoms with Crippen molar-refractivity contribution in [3.05, 3.63) is 30.1 Å². The number of nitrogens with zero attached hydrogens (tertiary/aromatic N) is 4. The number of aromatic nitrogens is 4. The van der Waals surface area contributed by atoms with Gasteiger partial charge >= 0.3 is 6.18 Å². The molecule has 0 amide bonds. The van der Waals surface area contributed by atoms with E-state index in [1.807, 2.05) is 0 Å². The fourth-order valence-electron chi connectivity index (χ4n) is 1.99. The number of hydrogen-bond acceptors (Lipinski definition) is 5. The summed E-state index contributed by atoms with van der Waals surface area (Å²) < 4.78 is 40.3. The molecule has 1 aromatic carbocycles. The van der Waals surface area contributed by atoms with Gasteiger partial charge in [0.05, 0.1) is 11.0 Å². The Hall–Kier alpha value is -1.87. The highest BCUT2D eigenvalue weighted by Gasteiger charge is 2.38. The average Bonchev–Trinajstić information content (AvgIpc) is 2.90. The van der Waals surface area contributed by atoms with Crippen LogP contribution in [0, 0.1) is 0 Å². The minimum Gasteiger partial charge on any atom is -0.330 e. The Kier molecular flexibility index (Phi) is 3.46. The van der Waals surface area contributed by atoms with Crippen molar-refractivity contribution < 1.29 is 13.2 Å². The second-order valence-electron chi connectivity index (χ2n) is 4.22. The molecule has 0 aliphatic heterocycles. The Labute approximate surface area is 121 Å². The first-order valence-electron chi connectivity index (χ1n) is 6.06. The summed E-state index contributed by atoms with van der Waals surface area (Å²) in [6.45, 7) is 0.394. The Bertz CT molecular complexity index is 799. The van der Waals surface area contributed by atoms with Crippen molar-refractivity contribution in [2.45, 2.75) is 11.2 Å². The van der Waals surface area contributed by atoms with Crippen LogP contribution in [0.4, 0.5) is 13.2 Å². The van der Waals surface area contributed by atoms with E-state index in [2.05, 4.69) is 15.2 Å². The van der Waals surface area contributed by atoms with Gasteiger partial charge in [-0.1, -0.05) is 12.1 Å². The molecule has 5 nitrogen and oxygen atoms in total. The van der Waals surface area contributed by atoms with E-state index in [0.29, 0.717) is 28.4 Å². The average molecular weight is 313 g/mol. The molecule has 110 valence electrons. The molecule has 2 aromatic heterocycles. The molecular formula is C12H10F3N5S. The van der Waals surface area contributed by atoms with Crippen LogP contribution < -0.4 is 5.73 Å². The zero-order valence-corrected chi connectivity index (χ0v) is 11.4. The van der Waals surface area contributed by atoms with E-state index in [1.165, 1.54) is 11.8 Å². The number of thioether (sulfide) groups is 1. The number of alkyl halides is 3. The first-order valence-corrected chi connectivity index (χ1v) is 7.05. The number of benzene rings is 1. The summed E-state index contributed by atoms with van der Waals surface area (Å²) in [5.41, 5.74) is 6.31. The predicted molar refractivity (Wildman–Crippen MR) is 73.1 cm³/mol. The van der Waals surface area contributed by atoms with Crippen LogP contribution in [-0.4, -0.2) is 31.9 Å². The van der Waals surface area contributed by atoms with Crippen LogP contribution in [0.3, 0.4) is 0 Å². The molecule has 0 radical (unpaired) electrons. The lowest BCUT2D eigenvalue weighted by Gasteiger charge is -2.09. The van der Waals surface area contributed by atoms with Gasteiger partial charge in [-0.25, -0.2) is 4.98 Å². The van der Waals surface area contributed by atoms with Gasteiger partial charge in [-0.3, -0.25) is 4.40 Å². The Morgan fingerprint density at radius 1 is 1.19 bits per heavy atom. The normalized spacial score (nSPS) is 12.4. The molecule has 0 saturated heterocycles. The smallest absolute Gasteiger partial charge is 0.330 e. The molecule has 0 aliphatic rings. The van der Waals surface area contributed by atoms with Gasteiger partial charge < -0.3 is 5.73 Å². The quantitative estimate of drug-likeness (QED) is 0.752. The molecule has 3 aromatic rings. The third kappa shape index (κ3) is 2.42. The predicted octanol–water partition coefficient (Wildman–Crippen LogP) is 2.35. The van der Waals surface area contributed by atoms with Crippen LogP contribution in [-0.2, 0) is 6.18 Å². The van der Waals surface area contributed by atoms with Crippen molar-refractivity contribution in [1.82, 2.24) is 19.6 Å². The third-order valence-corrected chi connectivity index (χ3v) is 3.80. The molecule has 0 atom stereocenters. The second kappa shape index (κ2) is 5.15. The SMILES string of the molecule is NCCSc1nc2ccccc2n2c(C(F)(F)F)nnc12. The van der Waals surface area contributed by atoms with Gasteiger partial charge in [0.1, 0.15) is 5.03 Å². The van der Waals surface area contributed by atoms with Gasteiger partial charge in [0, 0.05) is 12.3 Å². The van der Waals surface area contributed by atoms with Gasteiger partial charge in [0.15, 0.2) is 5.65 Å². The Balaban J connectivity index is 2.36. The topological polar surface area (TPSA) is 69.1 Å². The summed E-state index contributed by atoms with van der Waals surface area (Å²) in [7, 11) is 0. The highest BCUT2D eigenvalue weighted by atomic mass is 32.2. The van der Waals surface area contributed by atoms with Crippen LogP contribution in [0.25, 0.3) is 16.7 Å². The standard InChI is InChI=1S/C12H10F3N5S/c13-12(14,15)11-19-18-9-10(21-6-5-16)17-7-3-1-2-4-8(7)20(9)11/h1-4H,5-6,16H2. The fraction of sp³-hybridized carbons (Fsp3) is 0.250. The van der Waals surface area contributed by atoms with E-state index in [9.17, 15) is 13.2 Å². The number of halogens is 3. The molecule has 21 heavy (non-hydrogen) atoms. The Morgan fingerprint density at radius 3 is 2.67 bits per heavy atom. The summed E-state index contributed by atoms with van der Waals surface area (Å²) in [6, 6.07) is 6.58. The maximum atomic E-state index is 13.1. The van der Waals surface area contributed by atoms with E-state index in [0.717, 1.165) is 4.40 Å². The van der Waals surface area contributed by atoms with Crippen molar-refractivity contribution in [2.24, 2.45) is 5.73 Å². The van der Waals surface area contributed by atoms with Gasteiger partial charge in [-0.15, -0.1) is 22.0 Å². The monoisotopic (exact) mass is 313 g/mol. The van der Waals surface area contributed by atoms with E-state index in [1.54, 1.807) is 24.3 Å². The zero-order chi connectivity index (χ0) is 15.0. The molecule has 0 unspecified atom stereocenters. The van der Waals surface area contributed by atoms with Crippen LogP contribution >= 0.6 is 11.8 Å². The van der Waals surface area contributed by atoms with Crippen LogP contribution in [0.15, 0.2) is 29.3 Å². The van der Waals surface area contributed by atoms with Gasteiger partial charge in [-0.05, 0) is 12.1 Å². The van der Waals surface area contributed by atoms with Gasteiger partial charge in [-0.2, -0.15) is 13.2 Å². The highest BCUT2D eigenvalue weighted by Crippen LogP contribution is 2.32. The lowest BCUT2D eigenvalue weighted by atomic mass is 10.3. The van der Waals surface area contributed by atoms with Crippen molar-refractivity contribution in [1.29, 1.82) is 0 Å². The summed E-state index contributed by atoms with van der Waals surface area (Å²) in [4.78, 5) is 4.35. The third-order valence-electron chi connectivity index (χ3n) is 2.81. The van der Waals surface area contributed by atoms with Crippen molar-refractivity contribution >= 4 is 28.4 Å². The van der Waals surface area contributed by atoms with Crippen LogP contribution in [0.5, 0.6) is 0 Å². The molecule has 9 heteroatoms. The lowest BCUT2D eigenvalue weighted by Crippen LogP contribution is -2.12. The van der Waals surface area contributed by atoms with E-state index in [4.69, 9.17) is 5.73 Å². The first-order chi connectivity index (χ1) is 10.0. The second-order valence-corrected chi connectivity index (χ2v) is 5.31. The number of para-hydroxylation sites is 2. The summed E-state index contributed by atoms with van der Waals surface area (Å²) in [5.74, 6) is -0.513. The summed E-state index contributed by atoms with van der Waals surface area (Å²) in [5, 5.41) is 7.34. The molecule has 0 aliphatic carbocycles. The van der Waals surface area contributed by atoms with Crippen molar-refractivity contribution in [3.63, 3.8) is 0 Å². The Morgan fingerprint density at radius 2 is 1.95 bits per heavy atom. The fourth-order valence-corrected chi connectivity index (χ4v) is 2.73. The molecule has 0 bridgehead atoms. The van der Waals surface area contributed by atoms with E-state index < -0.39 is 12.0 Å². The van der Waals surface area contributed by atoms with Crippen molar-refractivity contribution in [3.8, 4) is 0 Å². The molecule has 0 spiro atoms. The highest BCUT2D eigenvalue weighted by molar-refractivity contribution is 7.99. The minimum absolute atomic E-state index is 0.0967. The van der Waals surface area contributed by atoms with Crippen molar-refractivity contribution in [2.75, 3.05) is 12.3 Å². The number of hydrogen-bond donors (Lipinski definition) is 1. The number of rotatable bonds is 3. The number of nitrogens with two attached hydrogens (primary N) is 1.